The fourth-order valence-corrected chi connectivity index (χ4v) is 5.21. The lowest BCUT2D eigenvalue weighted by Gasteiger charge is -2.32. The summed E-state index contributed by atoms with van der Waals surface area (Å²) in [5.41, 5.74) is 2.17. The second-order valence-corrected chi connectivity index (χ2v) is 10.1. The highest BCUT2D eigenvalue weighted by molar-refractivity contribution is 7.11. The average molecular weight is 518 g/mol. The van der Waals surface area contributed by atoms with Gasteiger partial charge < -0.3 is 10.1 Å². The van der Waals surface area contributed by atoms with Gasteiger partial charge in [-0.25, -0.2) is 0 Å². The van der Waals surface area contributed by atoms with Crippen molar-refractivity contribution in [3.63, 3.8) is 0 Å². The van der Waals surface area contributed by atoms with E-state index >= 15 is 0 Å². The molecule has 2 amide bonds. The Hall–Kier alpha value is -2.61. The van der Waals surface area contributed by atoms with Crippen molar-refractivity contribution in [3.05, 3.63) is 74.7 Å². The van der Waals surface area contributed by atoms with Gasteiger partial charge >= 0.3 is 0 Å². The molecular weight excluding hydrogens is 493 g/mol. The number of halogens is 2. The van der Waals surface area contributed by atoms with E-state index in [0.717, 1.165) is 42.8 Å². The molecule has 34 heavy (non-hydrogen) atoms. The van der Waals surface area contributed by atoms with Crippen LogP contribution in [0.2, 0.25) is 9.36 Å². The number of anilines is 1. The zero-order chi connectivity index (χ0) is 24.2. The van der Waals surface area contributed by atoms with Gasteiger partial charge in [-0.3, -0.25) is 14.5 Å². The first-order valence-electron chi connectivity index (χ1n) is 11.0. The number of carbonyl (C=O) groups excluding carboxylic acids is 2. The molecule has 1 fully saturated rings. The predicted octanol–water partition coefficient (Wildman–Crippen LogP) is 6.21. The molecule has 3 aromatic rings. The lowest BCUT2D eigenvalue weighted by Crippen LogP contribution is -2.46. The molecule has 0 radical (unpaired) electrons. The topological polar surface area (TPSA) is 71.5 Å². The normalized spacial score (nSPS) is 14.6. The van der Waals surface area contributed by atoms with Crippen LogP contribution in [0.5, 0.6) is 5.75 Å². The van der Waals surface area contributed by atoms with Crippen LogP contribution in [-0.4, -0.2) is 29.3 Å². The predicted molar refractivity (Wildman–Crippen MR) is 136 cm³/mol. The highest BCUT2D eigenvalue weighted by Crippen LogP contribution is 2.36. The maximum absolute atomic E-state index is 13.9. The average Bonchev–Trinajstić information content (AvgIpc) is 3.46. The van der Waals surface area contributed by atoms with Crippen molar-refractivity contribution in [2.45, 2.75) is 44.7 Å². The number of amides is 2. The minimum atomic E-state index is -0.947. The summed E-state index contributed by atoms with van der Waals surface area (Å²) in [5, 5.41) is 3.24. The van der Waals surface area contributed by atoms with E-state index in [-0.39, 0.29) is 27.0 Å². The van der Waals surface area contributed by atoms with Gasteiger partial charge in [-0.1, -0.05) is 60.3 Å². The molecule has 0 bridgehead atoms. The Balaban J connectivity index is 1.84. The van der Waals surface area contributed by atoms with E-state index in [1.54, 1.807) is 37.4 Å². The molecule has 0 saturated heterocycles. The number of aryl methyl sites for hydroxylation is 1. The van der Waals surface area contributed by atoms with Crippen molar-refractivity contribution in [1.82, 2.24) is 9.69 Å². The summed E-state index contributed by atoms with van der Waals surface area (Å²) in [6.45, 7) is 1.93. The monoisotopic (exact) mass is 517 g/mol. The molecule has 6 nitrogen and oxygen atoms in total. The third kappa shape index (κ3) is 5.22. The summed E-state index contributed by atoms with van der Waals surface area (Å²) in [6.07, 6.45) is 4.00. The summed E-state index contributed by atoms with van der Waals surface area (Å²) in [7, 11) is 1.58. The van der Waals surface area contributed by atoms with Gasteiger partial charge in [-0.2, -0.15) is 4.37 Å². The molecule has 0 unspecified atom stereocenters. The van der Waals surface area contributed by atoms with Gasteiger partial charge in [-0.15, -0.1) is 0 Å². The number of aromatic nitrogens is 1. The lowest BCUT2D eigenvalue weighted by molar-refractivity contribution is -0.123. The Morgan fingerprint density at radius 1 is 1.15 bits per heavy atom. The first kappa shape index (κ1) is 24.5. The molecule has 1 saturated carbocycles. The highest BCUT2D eigenvalue weighted by Gasteiger charge is 2.37. The Bertz CT molecular complexity index is 1180. The number of hydrogen-bond acceptors (Lipinski definition) is 5. The molecule has 1 atom stereocenters. The smallest absolute Gasteiger partial charge is 0.280 e. The van der Waals surface area contributed by atoms with Crippen LogP contribution in [-0.2, 0) is 4.79 Å². The largest absolute Gasteiger partial charge is 0.497 e. The van der Waals surface area contributed by atoms with Crippen molar-refractivity contribution in [1.29, 1.82) is 0 Å². The van der Waals surface area contributed by atoms with Crippen LogP contribution in [0, 0.1) is 6.92 Å². The number of ether oxygens (including phenoxy) is 1. The lowest BCUT2D eigenvalue weighted by atomic mass is 10.0. The van der Waals surface area contributed by atoms with Gasteiger partial charge in [0.2, 0.25) is 5.91 Å². The van der Waals surface area contributed by atoms with E-state index in [1.807, 2.05) is 25.1 Å². The molecular formula is C25H25Cl2N3O3S. The van der Waals surface area contributed by atoms with Gasteiger partial charge in [0.05, 0.1) is 7.11 Å². The van der Waals surface area contributed by atoms with Crippen molar-refractivity contribution in [2.75, 3.05) is 12.0 Å². The first-order chi connectivity index (χ1) is 16.4. The third-order valence-electron chi connectivity index (χ3n) is 5.94. The number of benzene rings is 2. The number of rotatable bonds is 7. The molecule has 2 aromatic carbocycles. The van der Waals surface area contributed by atoms with E-state index in [9.17, 15) is 9.59 Å². The molecule has 0 spiro atoms. The summed E-state index contributed by atoms with van der Waals surface area (Å²) < 4.78 is 9.70. The minimum Gasteiger partial charge on any atom is -0.497 e. The van der Waals surface area contributed by atoms with Gasteiger partial charge in [0.1, 0.15) is 21.2 Å². The molecule has 1 heterocycles. The summed E-state index contributed by atoms with van der Waals surface area (Å²) in [5.74, 6) is -0.105. The molecule has 1 aliphatic rings. The summed E-state index contributed by atoms with van der Waals surface area (Å²) >= 11 is 13.4. The molecule has 1 aliphatic carbocycles. The maximum atomic E-state index is 13.9. The summed E-state index contributed by atoms with van der Waals surface area (Å²) in [4.78, 5) is 29.1. The van der Waals surface area contributed by atoms with Crippen LogP contribution in [0.3, 0.4) is 0 Å². The van der Waals surface area contributed by atoms with Gasteiger partial charge in [0.25, 0.3) is 5.91 Å². The van der Waals surface area contributed by atoms with E-state index in [1.165, 1.54) is 4.90 Å². The third-order valence-corrected chi connectivity index (χ3v) is 7.55. The van der Waals surface area contributed by atoms with Gasteiger partial charge in [0, 0.05) is 11.7 Å². The van der Waals surface area contributed by atoms with Crippen LogP contribution < -0.4 is 15.0 Å². The minimum absolute atomic E-state index is 0.0188. The SMILES string of the molecule is COc1ccc([C@H](C(=O)NC2CCCC2)N(C(=O)c2nsc(Cl)c2Cl)c2cccc(C)c2)cc1. The Kier molecular flexibility index (Phi) is 7.76. The standard InChI is InChI=1S/C25H25Cl2N3O3S/c1-15-6-5-9-18(14-15)30(25(32)21-20(26)23(27)34-29-21)22(16-10-12-19(33-2)13-11-16)24(31)28-17-7-3-4-8-17/h5-6,9-14,17,22H,3-4,7-8H2,1-2H3,(H,28,31)/t22-/m1/s1. The van der Waals surface area contributed by atoms with E-state index in [0.29, 0.717) is 17.0 Å². The molecule has 1 N–H and O–H groups in total. The van der Waals surface area contributed by atoms with Crippen molar-refractivity contribution in [2.24, 2.45) is 0 Å². The Labute approximate surface area is 213 Å². The number of hydrogen-bond donors (Lipinski definition) is 1. The molecule has 4 rings (SSSR count). The quantitative estimate of drug-likeness (QED) is 0.404. The Morgan fingerprint density at radius 3 is 2.44 bits per heavy atom. The van der Waals surface area contributed by atoms with Gasteiger partial charge in [0.15, 0.2) is 5.69 Å². The van der Waals surface area contributed by atoms with E-state index < -0.39 is 11.9 Å². The van der Waals surface area contributed by atoms with Gasteiger partial charge in [-0.05, 0) is 66.7 Å². The van der Waals surface area contributed by atoms with Crippen LogP contribution >= 0.6 is 34.7 Å². The van der Waals surface area contributed by atoms with Crippen LogP contribution in [0.15, 0.2) is 48.5 Å². The molecule has 0 aliphatic heterocycles. The van der Waals surface area contributed by atoms with Crippen LogP contribution in [0.4, 0.5) is 5.69 Å². The van der Waals surface area contributed by atoms with Crippen molar-refractivity contribution >= 4 is 52.2 Å². The van der Waals surface area contributed by atoms with Crippen molar-refractivity contribution < 1.29 is 14.3 Å². The number of carbonyl (C=O) groups is 2. The molecule has 178 valence electrons. The number of methoxy groups -OCH3 is 1. The Morgan fingerprint density at radius 2 is 1.85 bits per heavy atom. The number of nitrogens with zero attached hydrogens (tertiary/aromatic N) is 2. The zero-order valence-electron chi connectivity index (χ0n) is 18.9. The van der Waals surface area contributed by atoms with E-state index in [4.69, 9.17) is 27.9 Å². The molecule has 1 aromatic heterocycles. The van der Waals surface area contributed by atoms with Crippen LogP contribution in [0.25, 0.3) is 0 Å². The van der Waals surface area contributed by atoms with Crippen molar-refractivity contribution in [3.8, 4) is 5.75 Å². The maximum Gasteiger partial charge on any atom is 0.280 e. The first-order valence-corrected chi connectivity index (χ1v) is 12.6. The zero-order valence-corrected chi connectivity index (χ0v) is 21.2. The fourth-order valence-electron chi connectivity index (χ4n) is 4.22. The molecule has 9 heteroatoms. The second kappa shape index (κ2) is 10.8. The highest BCUT2D eigenvalue weighted by atomic mass is 35.5. The van der Waals surface area contributed by atoms with Crippen LogP contribution in [0.1, 0.15) is 53.3 Å². The summed E-state index contributed by atoms with van der Waals surface area (Å²) in [6, 6.07) is 13.7. The number of nitrogens with one attached hydrogen (secondary N) is 1. The second-order valence-electron chi connectivity index (χ2n) is 8.30. The van der Waals surface area contributed by atoms with E-state index in [2.05, 4.69) is 9.69 Å². The fraction of sp³-hybridized carbons (Fsp3) is 0.320.